The average molecular weight is 407 g/mol. The minimum Gasteiger partial charge on any atom is -0.383 e. The Bertz CT molecular complexity index is 930. The lowest BCUT2D eigenvalue weighted by atomic mass is 10.1. The lowest BCUT2D eigenvalue weighted by Crippen LogP contribution is -2.40. The summed E-state index contributed by atoms with van der Waals surface area (Å²) in [7, 11) is -0.700. The van der Waals surface area contributed by atoms with Crippen molar-refractivity contribution in [1.29, 1.82) is 0 Å². The molecule has 0 unspecified atom stereocenters. The zero-order valence-electron chi connectivity index (χ0n) is 16.0. The zero-order chi connectivity index (χ0) is 20.6. The summed E-state index contributed by atoms with van der Waals surface area (Å²) in [6.45, 7) is 0.604. The second-order valence-corrected chi connectivity index (χ2v) is 8.02. The highest BCUT2D eigenvalue weighted by Gasteiger charge is 2.17. The highest BCUT2D eigenvalue weighted by Crippen LogP contribution is 2.18. The van der Waals surface area contributed by atoms with Crippen molar-refractivity contribution in [3.63, 3.8) is 0 Å². The van der Waals surface area contributed by atoms with E-state index in [0.717, 1.165) is 10.8 Å². The summed E-state index contributed by atoms with van der Waals surface area (Å²) in [5.74, 6) is -0.632. The van der Waals surface area contributed by atoms with Crippen LogP contribution in [0.1, 0.15) is 6.42 Å². The molecule has 0 radical (unpaired) electrons. The molecule has 0 saturated heterocycles. The van der Waals surface area contributed by atoms with Gasteiger partial charge in [0.05, 0.1) is 18.0 Å². The third-order valence-electron chi connectivity index (χ3n) is 4.10. The molecule has 9 heteroatoms. The number of carbonyl (C=O) groups excluding carboxylic acids is 2. The Kier molecular flexibility index (Phi) is 7.91. The third-order valence-corrected chi connectivity index (χ3v) is 5.56. The van der Waals surface area contributed by atoms with Gasteiger partial charge in [-0.15, -0.1) is 0 Å². The molecule has 0 bridgehead atoms. The van der Waals surface area contributed by atoms with Gasteiger partial charge in [-0.3, -0.25) is 9.59 Å². The molecule has 2 aromatic rings. The number of fused-ring (bicyclic) bond motifs is 1. The lowest BCUT2D eigenvalue weighted by molar-refractivity contribution is -0.134. The standard InChI is InChI=1S/C19H25N3O5S/c1-22(14-18(23)20-11-12-27-2)19(24)9-10-21-28(25,26)17-8-7-15-5-3-4-6-16(15)13-17/h3-8,13,21H,9-12,14H2,1-2H3,(H,20,23). The van der Waals surface area contributed by atoms with Crippen LogP contribution in [0.15, 0.2) is 47.4 Å². The molecule has 2 rings (SSSR count). The topological polar surface area (TPSA) is 105 Å². The Morgan fingerprint density at radius 1 is 1.07 bits per heavy atom. The molecule has 0 aliphatic rings. The minimum atomic E-state index is -3.73. The van der Waals surface area contributed by atoms with E-state index in [1.165, 1.54) is 25.1 Å². The van der Waals surface area contributed by atoms with E-state index in [1.807, 2.05) is 24.3 Å². The van der Waals surface area contributed by atoms with Gasteiger partial charge in [-0.05, 0) is 22.9 Å². The van der Waals surface area contributed by atoms with E-state index in [9.17, 15) is 18.0 Å². The summed E-state index contributed by atoms with van der Waals surface area (Å²) in [4.78, 5) is 25.2. The predicted octanol–water partition coefficient (Wildman–Crippen LogP) is 0.729. The number of rotatable bonds is 10. The Labute approximate surface area is 164 Å². The molecular formula is C19H25N3O5S. The molecule has 0 heterocycles. The molecule has 0 aliphatic carbocycles. The van der Waals surface area contributed by atoms with Crippen molar-refractivity contribution in [2.75, 3.05) is 40.4 Å². The van der Waals surface area contributed by atoms with E-state index >= 15 is 0 Å². The van der Waals surface area contributed by atoms with Crippen molar-refractivity contribution in [2.45, 2.75) is 11.3 Å². The van der Waals surface area contributed by atoms with Gasteiger partial charge in [-0.1, -0.05) is 30.3 Å². The number of nitrogens with one attached hydrogen (secondary N) is 2. The fourth-order valence-corrected chi connectivity index (χ4v) is 3.62. The van der Waals surface area contributed by atoms with Gasteiger partial charge in [0.2, 0.25) is 21.8 Å². The van der Waals surface area contributed by atoms with E-state index in [1.54, 1.807) is 12.1 Å². The lowest BCUT2D eigenvalue weighted by Gasteiger charge is -2.17. The van der Waals surface area contributed by atoms with Gasteiger partial charge >= 0.3 is 0 Å². The molecule has 0 aromatic heterocycles. The molecular weight excluding hydrogens is 382 g/mol. The number of methoxy groups -OCH3 is 1. The first-order valence-corrected chi connectivity index (χ1v) is 10.3. The molecule has 0 saturated carbocycles. The largest absolute Gasteiger partial charge is 0.383 e. The van der Waals surface area contributed by atoms with Crippen molar-refractivity contribution in [3.8, 4) is 0 Å². The van der Waals surface area contributed by atoms with Crippen LogP contribution in [-0.2, 0) is 24.3 Å². The number of nitrogens with zero attached hydrogens (tertiary/aromatic N) is 1. The van der Waals surface area contributed by atoms with Crippen LogP contribution in [0.5, 0.6) is 0 Å². The Morgan fingerprint density at radius 3 is 2.50 bits per heavy atom. The van der Waals surface area contributed by atoms with E-state index < -0.39 is 10.0 Å². The van der Waals surface area contributed by atoms with Gasteiger partial charge in [0, 0.05) is 33.7 Å². The molecule has 0 aliphatic heterocycles. The van der Waals surface area contributed by atoms with E-state index in [-0.39, 0.29) is 36.2 Å². The molecule has 0 fully saturated rings. The summed E-state index contributed by atoms with van der Waals surface area (Å²) >= 11 is 0. The maximum atomic E-state index is 12.4. The number of ether oxygens (including phenoxy) is 1. The molecule has 8 nitrogen and oxygen atoms in total. The summed E-state index contributed by atoms with van der Waals surface area (Å²) in [6.07, 6.45) is -0.0470. The fourth-order valence-electron chi connectivity index (χ4n) is 2.55. The monoisotopic (exact) mass is 407 g/mol. The van der Waals surface area contributed by atoms with Crippen LogP contribution in [0.3, 0.4) is 0 Å². The summed E-state index contributed by atoms with van der Waals surface area (Å²) in [5, 5.41) is 4.38. The second-order valence-electron chi connectivity index (χ2n) is 6.25. The predicted molar refractivity (Wildman–Crippen MR) is 106 cm³/mol. The Hall–Kier alpha value is -2.49. The van der Waals surface area contributed by atoms with Gasteiger partial charge in [-0.25, -0.2) is 13.1 Å². The Morgan fingerprint density at radius 2 is 1.79 bits per heavy atom. The molecule has 28 heavy (non-hydrogen) atoms. The third kappa shape index (κ3) is 6.29. The summed E-state index contributed by atoms with van der Waals surface area (Å²) in [5.41, 5.74) is 0. The van der Waals surface area contributed by atoms with Crippen LogP contribution in [0.2, 0.25) is 0 Å². The van der Waals surface area contributed by atoms with Gasteiger partial charge in [0.15, 0.2) is 0 Å². The van der Waals surface area contributed by atoms with E-state index in [0.29, 0.717) is 13.2 Å². The van der Waals surface area contributed by atoms with Crippen LogP contribution in [0.4, 0.5) is 0 Å². The van der Waals surface area contributed by atoms with Crippen LogP contribution in [0.25, 0.3) is 10.8 Å². The first-order chi connectivity index (χ1) is 13.3. The van der Waals surface area contributed by atoms with Crippen LogP contribution >= 0.6 is 0 Å². The van der Waals surface area contributed by atoms with Crippen LogP contribution < -0.4 is 10.0 Å². The number of carbonyl (C=O) groups is 2. The number of amides is 2. The molecule has 2 amide bonds. The van der Waals surface area contributed by atoms with Gasteiger partial charge in [0.1, 0.15) is 0 Å². The molecule has 0 spiro atoms. The Balaban J connectivity index is 1.85. The maximum Gasteiger partial charge on any atom is 0.240 e. The van der Waals surface area contributed by atoms with Gasteiger partial charge in [0.25, 0.3) is 0 Å². The van der Waals surface area contributed by atoms with Crippen molar-refractivity contribution >= 4 is 32.6 Å². The van der Waals surface area contributed by atoms with Crippen molar-refractivity contribution < 1.29 is 22.7 Å². The van der Waals surface area contributed by atoms with E-state index in [2.05, 4.69) is 10.0 Å². The first kappa shape index (κ1) is 21.8. The van der Waals surface area contributed by atoms with Gasteiger partial charge in [-0.2, -0.15) is 0 Å². The minimum absolute atomic E-state index is 0.0470. The van der Waals surface area contributed by atoms with Crippen LogP contribution in [-0.4, -0.2) is 65.5 Å². The highest BCUT2D eigenvalue weighted by atomic mass is 32.2. The fraction of sp³-hybridized carbons (Fsp3) is 0.368. The maximum absolute atomic E-state index is 12.4. The quantitative estimate of drug-likeness (QED) is 0.565. The average Bonchev–Trinajstić information content (AvgIpc) is 2.67. The molecule has 2 aromatic carbocycles. The molecule has 152 valence electrons. The molecule has 0 atom stereocenters. The normalized spacial score (nSPS) is 11.4. The summed E-state index contributed by atoms with van der Waals surface area (Å²) in [6, 6.07) is 12.3. The van der Waals surface area contributed by atoms with Crippen molar-refractivity contribution in [3.05, 3.63) is 42.5 Å². The summed E-state index contributed by atoms with van der Waals surface area (Å²) < 4.78 is 32.1. The smallest absolute Gasteiger partial charge is 0.240 e. The van der Waals surface area contributed by atoms with Crippen molar-refractivity contribution in [2.24, 2.45) is 0 Å². The number of hydrogen-bond donors (Lipinski definition) is 2. The zero-order valence-corrected chi connectivity index (χ0v) is 16.8. The molecule has 2 N–H and O–H groups in total. The number of hydrogen-bond acceptors (Lipinski definition) is 5. The van der Waals surface area contributed by atoms with E-state index in [4.69, 9.17) is 4.74 Å². The second kappa shape index (κ2) is 10.2. The van der Waals surface area contributed by atoms with Crippen molar-refractivity contribution in [1.82, 2.24) is 14.9 Å². The van der Waals surface area contributed by atoms with Gasteiger partial charge < -0.3 is 15.0 Å². The number of likely N-dealkylation sites (N-methyl/N-ethyl adjacent to an activating group) is 1. The van der Waals surface area contributed by atoms with Crippen LogP contribution in [0, 0.1) is 0 Å². The number of benzene rings is 2. The SMILES string of the molecule is COCCNC(=O)CN(C)C(=O)CCNS(=O)(=O)c1ccc2ccccc2c1. The number of sulfonamides is 1. The first-order valence-electron chi connectivity index (χ1n) is 8.81. The highest BCUT2D eigenvalue weighted by molar-refractivity contribution is 7.89.